The molecule has 0 aliphatic rings. The number of unbranched alkanes of at least 4 members (excludes halogenated alkanes) is 4. The smallest absolute Gasteiger partial charge is 0.181 e. The third-order valence-electron chi connectivity index (χ3n) is 3.59. The van der Waals surface area contributed by atoms with E-state index in [0.29, 0.717) is 17.7 Å². The Morgan fingerprint density at radius 3 is 2.25 bits per heavy atom. The number of rotatable bonds is 10. The molecule has 0 amide bonds. The van der Waals surface area contributed by atoms with Crippen LogP contribution in [0.2, 0.25) is 0 Å². The highest BCUT2D eigenvalue weighted by atomic mass is 32.2. The Kier molecular flexibility index (Phi) is 7.85. The van der Waals surface area contributed by atoms with Gasteiger partial charge in [-0.3, -0.25) is 0 Å². The van der Waals surface area contributed by atoms with Crippen molar-refractivity contribution < 1.29 is 13.5 Å². The fraction of sp³-hybridized carbons (Fsp3) is 0.625. The van der Waals surface area contributed by atoms with Gasteiger partial charge in [-0.1, -0.05) is 57.2 Å². The highest BCUT2D eigenvalue weighted by Crippen LogP contribution is 2.22. The minimum Gasteiger partial charge on any atom is -0.396 e. The van der Waals surface area contributed by atoms with Crippen molar-refractivity contribution in [3.8, 4) is 0 Å². The van der Waals surface area contributed by atoms with Crippen LogP contribution in [-0.2, 0) is 9.84 Å². The van der Waals surface area contributed by atoms with Crippen LogP contribution in [0.3, 0.4) is 0 Å². The van der Waals surface area contributed by atoms with Crippen LogP contribution in [0.1, 0.15) is 51.9 Å². The predicted octanol–water partition coefficient (Wildman–Crippen LogP) is 3.57. The Balaban J connectivity index is 2.65. The second-order valence-electron chi connectivity index (χ2n) is 5.20. The number of hydrogen-bond acceptors (Lipinski definition) is 3. The molecule has 1 aromatic carbocycles. The standard InChI is InChI=1S/C16H26O3S/c1-2-3-4-5-7-12-16(13-14-17)20(18,19)15-10-8-6-9-11-15/h6,8-11,16-17H,2-5,7,12-14H2,1H3. The van der Waals surface area contributed by atoms with E-state index in [1.165, 1.54) is 12.8 Å². The zero-order chi connectivity index (χ0) is 14.8. The van der Waals surface area contributed by atoms with Gasteiger partial charge in [0.25, 0.3) is 0 Å². The molecule has 3 nitrogen and oxygen atoms in total. The molecule has 1 rings (SSSR count). The summed E-state index contributed by atoms with van der Waals surface area (Å²) < 4.78 is 25.1. The fourth-order valence-corrected chi connectivity index (χ4v) is 4.19. The van der Waals surface area contributed by atoms with Gasteiger partial charge >= 0.3 is 0 Å². The van der Waals surface area contributed by atoms with Crippen LogP contribution in [0.25, 0.3) is 0 Å². The lowest BCUT2D eigenvalue weighted by molar-refractivity contribution is 0.282. The average Bonchev–Trinajstić information content (AvgIpc) is 2.46. The van der Waals surface area contributed by atoms with Crippen LogP contribution < -0.4 is 0 Å². The van der Waals surface area contributed by atoms with Crippen LogP contribution in [0, 0.1) is 0 Å². The van der Waals surface area contributed by atoms with Crippen molar-refractivity contribution in [2.75, 3.05) is 6.61 Å². The van der Waals surface area contributed by atoms with Gasteiger partial charge in [0.2, 0.25) is 0 Å². The minimum absolute atomic E-state index is 0.0777. The summed E-state index contributed by atoms with van der Waals surface area (Å²) in [5, 5.41) is 8.66. The molecule has 0 aromatic heterocycles. The molecule has 114 valence electrons. The summed E-state index contributed by atoms with van der Waals surface area (Å²) >= 11 is 0. The Labute approximate surface area is 123 Å². The van der Waals surface area contributed by atoms with Crippen LogP contribution in [0.5, 0.6) is 0 Å². The Morgan fingerprint density at radius 2 is 1.65 bits per heavy atom. The zero-order valence-corrected chi connectivity index (χ0v) is 13.1. The second kappa shape index (κ2) is 9.14. The molecule has 1 unspecified atom stereocenters. The van der Waals surface area contributed by atoms with Crippen molar-refractivity contribution in [1.82, 2.24) is 0 Å². The molecule has 0 aliphatic heterocycles. The molecule has 1 atom stereocenters. The molecule has 4 heteroatoms. The summed E-state index contributed by atoms with van der Waals surface area (Å²) in [5.41, 5.74) is 0. The first-order valence-corrected chi connectivity index (χ1v) is 9.07. The summed E-state index contributed by atoms with van der Waals surface area (Å²) in [5.74, 6) is 0. The first-order chi connectivity index (χ1) is 9.62. The number of benzene rings is 1. The van der Waals surface area contributed by atoms with Gasteiger partial charge < -0.3 is 5.11 Å². The van der Waals surface area contributed by atoms with E-state index in [4.69, 9.17) is 5.11 Å². The molecule has 0 spiro atoms. The van der Waals surface area contributed by atoms with Gasteiger partial charge in [0.05, 0.1) is 10.1 Å². The van der Waals surface area contributed by atoms with Crippen molar-refractivity contribution >= 4 is 9.84 Å². The molecule has 0 saturated heterocycles. The Hall–Kier alpha value is -0.870. The van der Waals surface area contributed by atoms with E-state index in [2.05, 4.69) is 6.92 Å². The van der Waals surface area contributed by atoms with E-state index in [0.717, 1.165) is 19.3 Å². The largest absolute Gasteiger partial charge is 0.396 e. The van der Waals surface area contributed by atoms with Crippen molar-refractivity contribution in [1.29, 1.82) is 0 Å². The molecular formula is C16H26O3S. The average molecular weight is 298 g/mol. The monoisotopic (exact) mass is 298 g/mol. The number of aliphatic hydroxyl groups is 1. The van der Waals surface area contributed by atoms with E-state index >= 15 is 0 Å². The van der Waals surface area contributed by atoms with E-state index in [1.54, 1.807) is 24.3 Å². The second-order valence-corrected chi connectivity index (χ2v) is 7.42. The Bertz CT molecular complexity index is 454. The van der Waals surface area contributed by atoms with E-state index in [1.807, 2.05) is 6.07 Å². The van der Waals surface area contributed by atoms with Crippen LogP contribution in [0.15, 0.2) is 35.2 Å². The quantitative estimate of drug-likeness (QED) is 0.672. The SMILES string of the molecule is CCCCCCCC(CCO)S(=O)(=O)c1ccccc1. The van der Waals surface area contributed by atoms with Gasteiger partial charge in [0.1, 0.15) is 0 Å². The molecule has 0 aliphatic carbocycles. The van der Waals surface area contributed by atoms with Gasteiger partial charge in [0.15, 0.2) is 9.84 Å². The molecule has 0 saturated carbocycles. The first-order valence-electron chi connectivity index (χ1n) is 7.52. The lowest BCUT2D eigenvalue weighted by Gasteiger charge is -2.16. The normalized spacial score (nSPS) is 13.3. The van der Waals surface area contributed by atoms with Gasteiger partial charge in [-0.15, -0.1) is 0 Å². The highest BCUT2D eigenvalue weighted by molar-refractivity contribution is 7.92. The molecule has 0 heterocycles. The van der Waals surface area contributed by atoms with Gasteiger partial charge in [-0.05, 0) is 25.0 Å². The van der Waals surface area contributed by atoms with E-state index in [9.17, 15) is 8.42 Å². The summed E-state index contributed by atoms with van der Waals surface area (Å²) in [4.78, 5) is 0.368. The third-order valence-corrected chi connectivity index (χ3v) is 5.87. The van der Waals surface area contributed by atoms with Gasteiger partial charge in [-0.25, -0.2) is 8.42 Å². The topological polar surface area (TPSA) is 54.4 Å². The van der Waals surface area contributed by atoms with Crippen LogP contribution >= 0.6 is 0 Å². The van der Waals surface area contributed by atoms with Crippen molar-refractivity contribution in [3.63, 3.8) is 0 Å². The van der Waals surface area contributed by atoms with Crippen molar-refractivity contribution in [2.45, 2.75) is 62.0 Å². The van der Waals surface area contributed by atoms with Crippen molar-refractivity contribution in [2.24, 2.45) is 0 Å². The maximum Gasteiger partial charge on any atom is 0.181 e. The molecule has 1 aromatic rings. The fourth-order valence-electron chi connectivity index (χ4n) is 2.38. The highest BCUT2D eigenvalue weighted by Gasteiger charge is 2.26. The number of hydrogen-bond donors (Lipinski definition) is 1. The zero-order valence-electron chi connectivity index (χ0n) is 12.3. The molecular weight excluding hydrogens is 272 g/mol. The Morgan fingerprint density at radius 1 is 1.00 bits per heavy atom. The summed E-state index contributed by atoms with van der Waals surface area (Å²) in [7, 11) is -3.32. The van der Waals surface area contributed by atoms with E-state index in [-0.39, 0.29) is 6.61 Å². The first kappa shape index (κ1) is 17.2. The third kappa shape index (κ3) is 5.25. The molecule has 0 fully saturated rings. The van der Waals surface area contributed by atoms with Crippen LogP contribution in [0.4, 0.5) is 0 Å². The maximum atomic E-state index is 12.5. The summed E-state index contributed by atoms with van der Waals surface area (Å²) in [6, 6.07) is 8.56. The van der Waals surface area contributed by atoms with Crippen LogP contribution in [-0.4, -0.2) is 25.4 Å². The summed E-state index contributed by atoms with van der Waals surface area (Å²) in [6.07, 6.45) is 6.50. The maximum absolute atomic E-state index is 12.5. The lowest BCUT2D eigenvalue weighted by atomic mass is 10.1. The van der Waals surface area contributed by atoms with E-state index < -0.39 is 15.1 Å². The molecule has 20 heavy (non-hydrogen) atoms. The van der Waals surface area contributed by atoms with Gasteiger partial charge in [-0.2, -0.15) is 0 Å². The van der Waals surface area contributed by atoms with Crippen molar-refractivity contribution in [3.05, 3.63) is 30.3 Å². The number of sulfone groups is 1. The number of aliphatic hydroxyl groups excluding tert-OH is 1. The lowest BCUT2D eigenvalue weighted by Crippen LogP contribution is -2.23. The summed E-state index contributed by atoms with van der Waals surface area (Å²) in [6.45, 7) is 2.08. The molecule has 0 radical (unpaired) electrons. The predicted molar refractivity (Wildman–Crippen MR) is 82.5 cm³/mol. The molecule has 1 N–H and O–H groups in total. The minimum atomic E-state index is -3.32. The molecule has 0 bridgehead atoms. The van der Waals surface area contributed by atoms with Gasteiger partial charge in [0, 0.05) is 6.61 Å².